The zero-order chi connectivity index (χ0) is 35.1. The third-order valence-corrected chi connectivity index (χ3v) is 21.2. The maximum atomic E-state index is 2.86. The SMILES string of the molecule is Cc1cc2c3c(c1)N1c4ccccc4Sc4cccc(c41)B3n1c3ccc(C45CC6CC7CC(C4)C76C5)cc3c3cc(C45CC6CC7CC(C4)C76C5)cc-2c31. The monoisotopic (exact) mass is 726 g/mol. The van der Waals surface area contributed by atoms with Crippen molar-refractivity contribution in [3.63, 3.8) is 0 Å². The normalized spacial score (nSPS) is 39.5. The molecule has 266 valence electrons. The van der Waals surface area contributed by atoms with Gasteiger partial charge in [0.05, 0.1) is 11.4 Å². The lowest BCUT2D eigenvalue weighted by Crippen LogP contribution is -2.59. The van der Waals surface area contributed by atoms with E-state index in [1.165, 1.54) is 130 Å². The Morgan fingerprint density at radius 3 is 2.04 bits per heavy atom. The number of nitrogens with zero attached hydrogens (tertiary/aromatic N) is 2. The van der Waals surface area contributed by atoms with Gasteiger partial charge in [0.1, 0.15) is 0 Å². The van der Waals surface area contributed by atoms with Crippen molar-refractivity contribution in [2.75, 3.05) is 4.90 Å². The van der Waals surface area contributed by atoms with E-state index in [-0.39, 0.29) is 6.85 Å². The van der Waals surface area contributed by atoms with E-state index in [9.17, 15) is 0 Å². The number of para-hydroxylation sites is 2. The summed E-state index contributed by atoms with van der Waals surface area (Å²) in [6, 6.07) is 35.0. The second-order valence-electron chi connectivity index (χ2n) is 21.3. The highest BCUT2D eigenvalue weighted by molar-refractivity contribution is 7.99. The van der Waals surface area contributed by atoms with Crippen LogP contribution < -0.4 is 15.8 Å². The molecule has 2 nitrogen and oxygen atoms in total. The highest BCUT2D eigenvalue weighted by Crippen LogP contribution is 2.85. The topological polar surface area (TPSA) is 8.17 Å². The van der Waals surface area contributed by atoms with Crippen LogP contribution in [-0.2, 0) is 10.8 Å². The summed E-state index contributed by atoms with van der Waals surface area (Å²) in [7, 11) is 0. The highest BCUT2D eigenvalue weighted by atomic mass is 32.2. The van der Waals surface area contributed by atoms with Gasteiger partial charge in [0.2, 0.25) is 0 Å². The van der Waals surface area contributed by atoms with Crippen LogP contribution in [0.4, 0.5) is 17.1 Å². The minimum absolute atomic E-state index is 0.150. The fourth-order valence-corrected chi connectivity index (χ4v) is 19.4. The quantitative estimate of drug-likeness (QED) is 0.164. The molecule has 0 radical (unpaired) electrons. The molecular weight excluding hydrogens is 683 g/mol. The fourth-order valence-electron chi connectivity index (χ4n) is 18.3. The number of rotatable bonds is 2. The summed E-state index contributed by atoms with van der Waals surface area (Å²) >= 11 is 1.96. The second-order valence-corrected chi connectivity index (χ2v) is 22.4. The molecule has 4 unspecified atom stereocenters. The van der Waals surface area contributed by atoms with E-state index in [0.717, 1.165) is 40.9 Å². The molecule has 8 aliphatic carbocycles. The van der Waals surface area contributed by atoms with Gasteiger partial charge in [-0.2, -0.15) is 0 Å². The molecule has 3 aliphatic heterocycles. The van der Waals surface area contributed by atoms with Crippen LogP contribution >= 0.6 is 11.8 Å². The molecule has 55 heavy (non-hydrogen) atoms. The molecule has 4 heteroatoms. The summed E-state index contributed by atoms with van der Waals surface area (Å²) in [4.78, 5) is 5.40. The van der Waals surface area contributed by atoms with Crippen molar-refractivity contribution in [1.82, 2.24) is 4.48 Å². The molecule has 17 rings (SSSR count). The average molecular weight is 727 g/mol. The number of aromatic nitrogens is 1. The first-order chi connectivity index (χ1) is 27.0. The Morgan fingerprint density at radius 2 is 1.31 bits per heavy atom. The Labute approximate surface area is 327 Å². The molecule has 0 saturated heterocycles. The van der Waals surface area contributed by atoms with Crippen LogP contribution in [0, 0.1) is 53.3 Å². The van der Waals surface area contributed by atoms with Gasteiger partial charge in [-0.1, -0.05) is 48.2 Å². The molecule has 4 heterocycles. The summed E-state index contributed by atoms with van der Waals surface area (Å²) < 4.78 is 2.86. The van der Waals surface area contributed by atoms with E-state index in [4.69, 9.17) is 0 Å². The van der Waals surface area contributed by atoms with Gasteiger partial charge in [-0.3, -0.25) is 0 Å². The summed E-state index contributed by atoms with van der Waals surface area (Å²) in [6.07, 6.45) is 14.8. The molecular formula is C51H43BN2S. The van der Waals surface area contributed by atoms with E-state index >= 15 is 0 Å². The molecule has 1 aromatic heterocycles. The number of fused-ring (bicyclic) bond motifs is 11. The van der Waals surface area contributed by atoms with Crippen LogP contribution in [0.15, 0.2) is 94.7 Å². The Hall–Kier alpha value is -3.89. The zero-order valence-electron chi connectivity index (χ0n) is 31.5. The Bertz CT molecular complexity index is 2900. The molecule has 0 amide bonds. The van der Waals surface area contributed by atoms with E-state index in [1.54, 1.807) is 21.9 Å². The van der Waals surface area contributed by atoms with Crippen LogP contribution in [0.1, 0.15) is 80.9 Å². The van der Waals surface area contributed by atoms with Gasteiger partial charge < -0.3 is 9.38 Å². The standard InChI is InChI=1S/C51H43BN2S/c1-26-11-36-38-19-28(49-22-33-15-30-16-34(23-49)51(30,33)25-49)18-37-35-17-27(48-20-31-13-29-14-32(21-48)50(29,31)24-48)9-10-40(35)54(46(37)38)52-39-5-4-8-44-47(39)53(42(12-26)45(36)52)41-6-2-3-7-43(41)55-44/h2-12,17-19,29-34H,13-16,20-25H2,1H3. The van der Waals surface area contributed by atoms with Crippen molar-refractivity contribution in [2.45, 2.75) is 91.8 Å². The number of benzene rings is 5. The lowest BCUT2D eigenvalue weighted by molar-refractivity contribution is -0.175. The third kappa shape index (κ3) is 2.73. The number of aryl methyl sites for hydroxylation is 1. The summed E-state index contributed by atoms with van der Waals surface area (Å²) in [5, 5.41) is 3.10. The number of hydrogen-bond acceptors (Lipinski definition) is 2. The first-order valence-electron chi connectivity index (χ1n) is 21.9. The van der Waals surface area contributed by atoms with Crippen LogP contribution in [0.25, 0.3) is 32.9 Å². The lowest BCUT2D eigenvalue weighted by Gasteiger charge is -2.66. The Morgan fingerprint density at radius 1 is 0.618 bits per heavy atom. The largest absolute Gasteiger partial charge is 0.375 e. The molecule has 8 fully saturated rings. The van der Waals surface area contributed by atoms with Gasteiger partial charge in [0, 0.05) is 42.8 Å². The van der Waals surface area contributed by atoms with Crippen molar-refractivity contribution >= 4 is 68.4 Å². The summed E-state index contributed by atoms with van der Waals surface area (Å²) in [5.74, 6) is 6.09. The van der Waals surface area contributed by atoms with Crippen molar-refractivity contribution in [2.24, 2.45) is 46.3 Å². The van der Waals surface area contributed by atoms with Gasteiger partial charge in [0.25, 0.3) is 0 Å². The molecule has 0 N–H and O–H groups in total. The minimum atomic E-state index is 0.150. The van der Waals surface area contributed by atoms with Crippen molar-refractivity contribution in [3.05, 3.63) is 102 Å². The van der Waals surface area contributed by atoms with Gasteiger partial charge in [-0.25, -0.2) is 0 Å². The van der Waals surface area contributed by atoms with Gasteiger partial charge in [-0.05, 0) is 210 Å². The van der Waals surface area contributed by atoms with Gasteiger partial charge >= 0.3 is 6.85 Å². The van der Waals surface area contributed by atoms with Gasteiger partial charge in [0.15, 0.2) is 0 Å². The molecule has 2 spiro atoms. The highest BCUT2D eigenvalue weighted by Gasteiger charge is 2.78. The van der Waals surface area contributed by atoms with Crippen LogP contribution in [-0.4, -0.2) is 11.3 Å². The van der Waals surface area contributed by atoms with Gasteiger partial charge in [-0.15, -0.1) is 0 Å². The Balaban J connectivity index is 0.979. The van der Waals surface area contributed by atoms with Crippen molar-refractivity contribution in [1.29, 1.82) is 0 Å². The predicted octanol–water partition coefficient (Wildman–Crippen LogP) is 11.1. The van der Waals surface area contributed by atoms with E-state index in [1.807, 2.05) is 11.8 Å². The number of anilines is 3. The maximum absolute atomic E-state index is 2.86. The van der Waals surface area contributed by atoms with E-state index in [2.05, 4.69) is 101 Å². The second kappa shape index (κ2) is 8.38. The zero-order valence-corrected chi connectivity index (χ0v) is 32.3. The third-order valence-electron chi connectivity index (χ3n) is 20.0. The Kier molecular flexibility index (Phi) is 4.34. The summed E-state index contributed by atoms with van der Waals surface area (Å²) in [5.41, 5.74) is 20.0. The molecule has 6 aromatic rings. The molecule has 4 atom stereocenters. The first kappa shape index (κ1) is 28.5. The molecule has 8 saturated carbocycles. The smallest absolute Gasteiger partial charge is 0.333 e. The predicted molar refractivity (Wildman–Crippen MR) is 224 cm³/mol. The van der Waals surface area contributed by atoms with Crippen molar-refractivity contribution < 1.29 is 0 Å². The maximum Gasteiger partial charge on any atom is 0.333 e. The minimum Gasteiger partial charge on any atom is -0.375 e. The first-order valence-corrected chi connectivity index (χ1v) is 22.8. The van der Waals surface area contributed by atoms with E-state index in [0.29, 0.717) is 16.2 Å². The fraction of sp³-hybridized carbons (Fsp3) is 0.412. The average Bonchev–Trinajstić information content (AvgIpc) is 3.95. The van der Waals surface area contributed by atoms with Crippen LogP contribution in [0.5, 0.6) is 0 Å². The lowest BCUT2D eigenvalue weighted by atomic mass is 9.38. The van der Waals surface area contributed by atoms with E-state index < -0.39 is 0 Å². The van der Waals surface area contributed by atoms with Crippen LogP contribution in [0.2, 0.25) is 0 Å². The van der Waals surface area contributed by atoms with Crippen LogP contribution in [0.3, 0.4) is 0 Å². The molecule has 5 aromatic carbocycles. The summed E-state index contributed by atoms with van der Waals surface area (Å²) in [6.45, 7) is 2.50. The number of hydrogen-bond donors (Lipinski definition) is 0. The molecule has 4 bridgehead atoms. The van der Waals surface area contributed by atoms with Crippen molar-refractivity contribution in [3.8, 4) is 11.1 Å². The molecule has 11 aliphatic rings.